The quantitative estimate of drug-likeness (QED) is 0.478. The number of carbonyl (C=O) groups is 1. The molecule has 1 aromatic carbocycles. The summed E-state index contributed by atoms with van der Waals surface area (Å²) in [7, 11) is -1.33. The molecule has 0 bridgehead atoms. The summed E-state index contributed by atoms with van der Waals surface area (Å²) in [6, 6.07) is 15.8. The Morgan fingerprint density at radius 3 is 2.42 bits per heavy atom. The van der Waals surface area contributed by atoms with E-state index in [2.05, 4.69) is 37.3 Å². The van der Waals surface area contributed by atoms with Crippen molar-refractivity contribution in [2.75, 3.05) is 0 Å². The first kappa shape index (κ1) is 17.9. The molecule has 0 radical (unpaired) electrons. The molecule has 1 aliphatic heterocycles. The van der Waals surface area contributed by atoms with Crippen LogP contribution < -0.4 is 5.19 Å². The minimum absolute atomic E-state index is 0.414. The fraction of sp³-hybridized carbons (Fsp3) is 0.682. The molecule has 1 heterocycles. The van der Waals surface area contributed by atoms with Crippen LogP contribution in [-0.2, 0) is 4.79 Å². The average molecular weight is 343 g/mol. The van der Waals surface area contributed by atoms with Gasteiger partial charge in [-0.2, -0.15) is 0 Å². The van der Waals surface area contributed by atoms with Gasteiger partial charge in [-0.3, -0.25) is 4.79 Å². The fourth-order valence-electron chi connectivity index (χ4n) is 5.29. The molecule has 132 valence electrons. The summed E-state index contributed by atoms with van der Waals surface area (Å²) in [4.78, 5) is 12.3. The van der Waals surface area contributed by atoms with Crippen LogP contribution in [0, 0.1) is 11.8 Å². The summed E-state index contributed by atoms with van der Waals surface area (Å²) >= 11 is 0. The zero-order valence-electron chi connectivity index (χ0n) is 15.4. The number of unbranched alkanes of at least 4 members (excludes halogenated alkanes) is 2. The Hall–Kier alpha value is -0.893. The predicted octanol–water partition coefficient (Wildman–Crippen LogP) is 5.70. The Morgan fingerprint density at radius 1 is 1.00 bits per heavy atom. The van der Waals surface area contributed by atoms with Crippen LogP contribution in [0.1, 0.15) is 64.7 Å². The molecule has 2 fully saturated rings. The zero-order chi connectivity index (χ0) is 16.8. The van der Waals surface area contributed by atoms with E-state index in [1.165, 1.54) is 63.1 Å². The van der Waals surface area contributed by atoms with Gasteiger partial charge in [0.05, 0.1) is 8.07 Å². The van der Waals surface area contributed by atoms with E-state index < -0.39 is 8.07 Å². The Balaban J connectivity index is 1.69. The highest BCUT2D eigenvalue weighted by molar-refractivity contribution is 6.92. The number of Topliss-reactive ketones (excluding diaryl/α,β-unsaturated/α-hetero) is 1. The van der Waals surface area contributed by atoms with Crippen LogP contribution in [0.15, 0.2) is 30.3 Å². The Labute approximate surface area is 149 Å². The fourth-order valence-corrected chi connectivity index (χ4v) is 10.6. The first-order valence-electron chi connectivity index (χ1n) is 10.3. The Morgan fingerprint density at radius 2 is 1.75 bits per heavy atom. The van der Waals surface area contributed by atoms with Gasteiger partial charge in [0.15, 0.2) is 0 Å². The number of hydrogen-bond donors (Lipinski definition) is 0. The number of rotatable bonds is 6. The maximum absolute atomic E-state index is 12.3. The lowest BCUT2D eigenvalue weighted by Gasteiger charge is -2.42. The van der Waals surface area contributed by atoms with Crippen LogP contribution in [0.2, 0.25) is 18.1 Å². The Kier molecular flexibility index (Phi) is 6.32. The van der Waals surface area contributed by atoms with Crippen molar-refractivity contribution in [1.29, 1.82) is 0 Å². The van der Waals surface area contributed by atoms with Gasteiger partial charge in [-0.1, -0.05) is 99.1 Å². The second kappa shape index (κ2) is 8.47. The first-order chi connectivity index (χ1) is 11.7. The lowest BCUT2D eigenvalue weighted by molar-refractivity contribution is -0.126. The number of benzene rings is 1. The van der Waals surface area contributed by atoms with E-state index >= 15 is 0 Å². The smallest absolute Gasteiger partial charge is 0.136 e. The number of ketones is 1. The summed E-state index contributed by atoms with van der Waals surface area (Å²) in [5.74, 6) is 1.71. The monoisotopic (exact) mass is 342 g/mol. The molecule has 0 spiro atoms. The van der Waals surface area contributed by atoms with Crippen molar-refractivity contribution >= 4 is 19.0 Å². The molecule has 1 atom stereocenters. The van der Waals surface area contributed by atoms with E-state index in [0.29, 0.717) is 17.6 Å². The van der Waals surface area contributed by atoms with Crippen molar-refractivity contribution in [2.24, 2.45) is 11.8 Å². The second-order valence-electron chi connectivity index (χ2n) is 8.26. The third-order valence-electron chi connectivity index (χ3n) is 6.80. The molecule has 2 aliphatic rings. The van der Waals surface area contributed by atoms with E-state index in [1.54, 1.807) is 5.19 Å². The highest BCUT2D eigenvalue weighted by Crippen LogP contribution is 2.42. The van der Waals surface area contributed by atoms with Gasteiger partial charge in [-0.15, -0.1) is 0 Å². The van der Waals surface area contributed by atoms with Gasteiger partial charge in [-0.05, 0) is 18.8 Å². The summed E-state index contributed by atoms with van der Waals surface area (Å²) in [5, 5.41) is 1.69. The molecule has 3 rings (SSSR count). The maximum atomic E-state index is 12.3. The molecule has 0 N–H and O–H groups in total. The van der Waals surface area contributed by atoms with Crippen molar-refractivity contribution in [1.82, 2.24) is 0 Å². The van der Waals surface area contributed by atoms with Gasteiger partial charge in [0.2, 0.25) is 0 Å². The van der Waals surface area contributed by atoms with Gasteiger partial charge in [0, 0.05) is 12.3 Å². The van der Waals surface area contributed by atoms with E-state index in [-0.39, 0.29) is 0 Å². The van der Waals surface area contributed by atoms with Crippen LogP contribution in [0.5, 0.6) is 0 Å². The predicted molar refractivity (Wildman–Crippen MR) is 105 cm³/mol. The van der Waals surface area contributed by atoms with Gasteiger partial charge >= 0.3 is 0 Å². The van der Waals surface area contributed by atoms with Gasteiger partial charge in [0.25, 0.3) is 0 Å². The molecule has 1 saturated heterocycles. The average Bonchev–Trinajstić information content (AvgIpc) is 2.64. The molecule has 1 aromatic rings. The van der Waals surface area contributed by atoms with Crippen LogP contribution in [-0.4, -0.2) is 13.9 Å². The summed E-state index contributed by atoms with van der Waals surface area (Å²) in [5.41, 5.74) is 0. The third kappa shape index (κ3) is 4.01. The van der Waals surface area contributed by atoms with E-state index in [0.717, 1.165) is 12.8 Å². The van der Waals surface area contributed by atoms with Crippen molar-refractivity contribution in [3.8, 4) is 0 Å². The normalized spacial score (nSPS) is 31.1. The molecule has 1 nitrogen and oxygen atoms in total. The minimum atomic E-state index is -1.33. The van der Waals surface area contributed by atoms with Crippen molar-refractivity contribution in [3.05, 3.63) is 30.3 Å². The molecule has 2 heteroatoms. The van der Waals surface area contributed by atoms with E-state index in [4.69, 9.17) is 0 Å². The molecule has 24 heavy (non-hydrogen) atoms. The molecular weight excluding hydrogens is 308 g/mol. The van der Waals surface area contributed by atoms with Crippen LogP contribution in [0.25, 0.3) is 0 Å². The topological polar surface area (TPSA) is 17.1 Å². The standard InChI is InChI=1S/C22H34OSi/c1-2-3-9-16-24(20-10-5-4-6-11-20)17-14-19(15-18-24)21-12-7-8-13-22(21)23/h4-6,10-11,19,21H,2-3,7-9,12-18H2,1H3. The summed E-state index contributed by atoms with van der Waals surface area (Å²) in [6.45, 7) is 2.31. The van der Waals surface area contributed by atoms with Crippen molar-refractivity contribution in [3.63, 3.8) is 0 Å². The minimum Gasteiger partial charge on any atom is -0.299 e. The van der Waals surface area contributed by atoms with E-state index in [1.807, 2.05) is 0 Å². The van der Waals surface area contributed by atoms with Crippen molar-refractivity contribution < 1.29 is 4.79 Å². The summed E-state index contributed by atoms with van der Waals surface area (Å²) < 4.78 is 0. The van der Waals surface area contributed by atoms with Gasteiger partial charge in [-0.25, -0.2) is 0 Å². The second-order valence-corrected chi connectivity index (χ2v) is 12.9. The highest BCUT2D eigenvalue weighted by Gasteiger charge is 2.41. The SMILES string of the molecule is CCCCC[Si]1(c2ccccc2)CCC(C2CCCCC2=O)CC1. The Bertz CT molecular complexity index is 516. The van der Waals surface area contributed by atoms with Crippen LogP contribution >= 0.6 is 0 Å². The largest absolute Gasteiger partial charge is 0.299 e. The molecule has 1 unspecified atom stereocenters. The molecular formula is C22H34OSi. The zero-order valence-corrected chi connectivity index (χ0v) is 16.4. The van der Waals surface area contributed by atoms with Gasteiger partial charge in [0.1, 0.15) is 5.78 Å². The molecule has 0 amide bonds. The van der Waals surface area contributed by atoms with Gasteiger partial charge < -0.3 is 0 Å². The van der Waals surface area contributed by atoms with E-state index in [9.17, 15) is 4.79 Å². The van der Waals surface area contributed by atoms with Crippen molar-refractivity contribution in [2.45, 2.75) is 82.8 Å². The van der Waals surface area contributed by atoms with Crippen LogP contribution in [0.3, 0.4) is 0 Å². The molecule has 1 saturated carbocycles. The van der Waals surface area contributed by atoms with Crippen LogP contribution in [0.4, 0.5) is 0 Å². The lowest BCUT2D eigenvalue weighted by atomic mass is 9.76. The number of hydrogen-bond acceptors (Lipinski definition) is 1. The number of carbonyl (C=O) groups excluding carboxylic acids is 1. The first-order valence-corrected chi connectivity index (χ1v) is 13.0. The third-order valence-corrected chi connectivity index (χ3v) is 12.2. The summed E-state index contributed by atoms with van der Waals surface area (Å²) in [6.07, 6.45) is 11.2. The highest BCUT2D eigenvalue weighted by atomic mass is 28.3. The maximum Gasteiger partial charge on any atom is 0.136 e. The molecule has 0 aromatic heterocycles. The molecule has 1 aliphatic carbocycles. The lowest BCUT2D eigenvalue weighted by Crippen LogP contribution is -2.51.